The van der Waals surface area contributed by atoms with Gasteiger partial charge < -0.3 is 15.4 Å². The molecular formula is C8H8Br2N2O3. The van der Waals surface area contributed by atoms with E-state index >= 15 is 0 Å². The van der Waals surface area contributed by atoms with E-state index in [-0.39, 0.29) is 12.1 Å². The first-order valence-electron chi connectivity index (χ1n) is 3.95. The van der Waals surface area contributed by atoms with Crippen LogP contribution in [0.15, 0.2) is 26.0 Å². The number of carboxylic acid groups (broad SMARTS) is 1. The van der Waals surface area contributed by atoms with Gasteiger partial charge in [0.05, 0.1) is 11.0 Å². The van der Waals surface area contributed by atoms with Crippen LogP contribution in [-0.4, -0.2) is 21.7 Å². The molecular weight excluding hydrogens is 332 g/mol. The smallest absolute Gasteiger partial charge is 0.322 e. The van der Waals surface area contributed by atoms with E-state index in [9.17, 15) is 9.59 Å². The Morgan fingerprint density at radius 1 is 1.60 bits per heavy atom. The number of hydrogen-bond donors (Lipinski definition) is 2. The molecule has 15 heavy (non-hydrogen) atoms. The van der Waals surface area contributed by atoms with E-state index in [2.05, 4.69) is 31.9 Å². The Morgan fingerprint density at radius 2 is 2.20 bits per heavy atom. The van der Waals surface area contributed by atoms with E-state index in [0.717, 1.165) is 0 Å². The maximum atomic E-state index is 11.5. The summed E-state index contributed by atoms with van der Waals surface area (Å²) in [5.41, 5.74) is 5.02. The summed E-state index contributed by atoms with van der Waals surface area (Å²) in [5, 5.41) is 8.61. The van der Waals surface area contributed by atoms with Gasteiger partial charge in [0.1, 0.15) is 6.04 Å². The molecule has 3 N–H and O–H groups in total. The van der Waals surface area contributed by atoms with E-state index < -0.39 is 12.0 Å². The van der Waals surface area contributed by atoms with Crippen LogP contribution in [0.5, 0.6) is 0 Å². The van der Waals surface area contributed by atoms with Crippen LogP contribution in [-0.2, 0) is 11.3 Å². The molecule has 0 spiro atoms. The topological polar surface area (TPSA) is 85.3 Å². The lowest BCUT2D eigenvalue weighted by Gasteiger charge is -2.10. The van der Waals surface area contributed by atoms with Gasteiger partial charge in [-0.15, -0.1) is 0 Å². The van der Waals surface area contributed by atoms with Gasteiger partial charge in [0.25, 0.3) is 5.56 Å². The van der Waals surface area contributed by atoms with Crippen LogP contribution in [0.3, 0.4) is 0 Å². The number of halogens is 2. The maximum Gasteiger partial charge on any atom is 0.322 e. The summed E-state index contributed by atoms with van der Waals surface area (Å²) in [6, 6.07) is 0.495. The summed E-state index contributed by atoms with van der Waals surface area (Å²) < 4.78 is 2.27. The molecule has 82 valence electrons. The highest BCUT2D eigenvalue weighted by Crippen LogP contribution is 2.12. The monoisotopic (exact) mass is 338 g/mol. The second-order valence-corrected chi connectivity index (χ2v) is 4.68. The first-order valence-corrected chi connectivity index (χ1v) is 5.54. The van der Waals surface area contributed by atoms with E-state index in [4.69, 9.17) is 10.8 Å². The van der Waals surface area contributed by atoms with Crippen molar-refractivity contribution in [2.24, 2.45) is 5.73 Å². The van der Waals surface area contributed by atoms with Gasteiger partial charge in [0.2, 0.25) is 0 Å². The van der Waals surface area contributed by atoms with Gasteiger partial charge in [-0.25, -0.2) is 0 Å². The Morgan fingerprint density at radius 3 is 2.73 bits per heavy atom. The highest BCUT2D eigenvalue weighted by atomic mass is 79.9. The molecule has 1 heterocycles. The lowest BCUT2D eigenvalue weighted by atomic mass is 10.3. The molecule has 0 saturated heterocycles. The fourth-order valence-corrected chi connectivity index (χ4v) is 2.25. The third-order valence-electron chi connectivity index (χ3n) is 1.72. The van der Waals surface area contributed by atoms with Crippen LogP contribution in [0.1, 0.15) is 0 Å². The highest BCUT2D eigenvalue weighted by Gasteiger charge is 2.13. The minimum absolute atomic E-state index is 0.0633. The summed E-state index contributed by atoms with van der Waals surface area (Å²) >= 11 is 6.27. The van der Waals surface area contributed by atoms with Gasteiger partial charge in [0, 0.05) is 10.7 Å². The lowest BCUT2D eigenvalue weighted by molar-refractivity contribution is -0.138. The molecule has 1 atom stereocenters. The van der Waals surface area contributed by atoms with Crippen molar-refractivity contribution < 1.29 is 9.90 Å². The number of carbonyl (C=O) groups is 1. The average molecular weight is 340 g/mol. The molecule has 0 saturated carbocycles. The summed E-state index contributed by atoms with van der Waals surface area (Å²) in [5.74, 6) is -1.14. The Hall–Kier alpha value is -0.660. The summed E-state index contributed by atoms with van der Waals surface area (Å²) in [7, 11) is 0. The molecule has 0 fully saturated rings. The number of hydrogen-bond acceptors (Lipinski definition) is 3. The standard InChI is InChI=1S/C8H8Br2N2O3/c9-4-1-5(10)7(13)12(2-4)3-6(11)8(14)15/h1-2,6H,3,11H2,(H,14,15). The van der Waals surface area contributed by atoms with Crippen LogP contribution in [0, 0.1) is 0 Å². The molecule has 0 amide bonds. The molecule has 5 nitrogen and oxygen atoms in total. The molecule has 0 radical (unpaired) electrons. The van der Waals surface area contributed by atoms with E-state index in [1.807, 2.05) is 0 Å². The summed E-state index contributed by atoms with van der Waals surface area (Å²) in [6.07, 6.45) is 1.50. The largest absolute Gasteiger partial charge is 0.480 e. The molecule has 0 aliphatic carbocycles. The quantitative estimate of drug-likeness (QED) is 0.852. The van der Waals surface area contributed by atoms with Crippen molar-refractivity contribution in [3.05, 3.63) is 31.6 Å². The number of aromatic nitrogens is 1. The molecule has 1 unspecified atom stereocenters. The van der Waals surface area contributed by atoms with Crippen LogP contribution < -0.4 is 11.3 Å². The first kappa shape index (κ1) is 12.4. The number of rotatable bonds is 3. The Labute approximate surface area is 102 Å². The molecule has 0 bridgehead atoms. The predicted octanol–water partition coefficient (Wildman–Crippen LogP) is 0.785. The van der Waals surface area contributed by atoms with Crippen molar-refractivity contribution in [2.75, 3.05) is 0 Å². The van der Waals surface area contributed by atoms with E-state index in [1.54, 1.807) is 6.07 Å². The minimum Gasteiger partial charge on any atom is -0.480 e. The van der Waals surface area contributed by atoms with Crippen LogP contribution in [0.25, 0.3) is 0 Å². The van der Waals surface area contributed by atoms with Gasteiger partial charge in [-0.3, -0.25) is 9.59 Å². The molecule has 1 rings (SSSR count). The van der Waals surface area contributed by atoms with E-state index in [0.29, 0.717) is 8.95 Å². The van der Waals surface area contributed by atoms with Crippen LogP contribution >= 0.6 is 31.9 Å². The van der Waals surface area contributed by atoms with E-state index in [1.165, 1.54) is 10.8 Å². The second kappa shape index (κ2) is 4.91. The number of nitrogens with two attached hydrogens (primary N) is 1. The van der Waals surface area contributed by atoms with Gasteiger partial charge in [-0.2, -0.15) is 0 Å². The third-order valence-corrected chi connectivity index (χ3v) is 2.72. The van der Waals surface area contributed by atoms with Crippen molar-refractivity contribution in [2.45, 2.75) is 12.6 Å². The lowest BCUT2D eigenvalue weighted by Crippen LogP contribution is -2.38. The van der Waals surface area contributed by atoms with Crippen molar-refractivity contribution in [3.63, 3.8) is 0 Å². The SMILES string of the molecule is NC(Cn1cc(Br)cc(Br)c1=O)C(=O)O. The van der Waals surface area contributed by atoms with Crippen molar-refractivity contribution >= 4 is 37.8 Å². The Kier molecular flexibility index (Phi) is 4.06. The van der Waals surface area contributed by atoms with Crippen LogP contribution in [0.4, 0.5) is 0 Å². The molecule has 0 aliphatic rings. The zero-order valence-corrected chi connectivity index (χ0v) is 10.7. The van der Waals surface area contributed by atoms with Crippen molar-refractivity contribution in [1.82, 2.24) is 4.57 Å². The molecule has 1 aromatic heterocycles. The average Bonchev–Trinajstić information content (AvgIpc) is 2.13. The number of pyridine rings is 1. The van der Waals surface area contributed by atoms with Crippen LogP contribution in [0.2, 0.25) is 0 Å². The fourth-order valence-electron chi connectivity index (χ4n) is 0.990. The minimum atomic E-state index is -1.14. The normalized spacial score (nSPS) is 12.5. The maximum absolute atomic E-state index is 11.5. The zero-order chi connectivity index (χ0) is 11.6. The highest BCUT2D eigenvalue weighted by molar-refractivity contribution is 9.11. The predicted molar refractivity (Wildman–Crippen MR) is 61.7 cm³/mol. The fraction of sp³-hybridized carbons (Fsp3) is 0.250. The van der Waals surface area contributed by atoms with Gasteiger partial charge >= 0.3 is 5.97 Å². The summed E-state index contributed by atoms with van der Waals surface area (Å²) in [6.45, 7) is -0.0633. The Bertz CT molecular complexity index is 444. The number of aliphatic carboxylic acids is 1. The summed E-state index contributed by atoms with van der Waals surface area (Å²) in [4.78, 5) is 22.0. The molecule has 0 aliphatic heterocycles. The number of nitrogens with zero attached hydrogens (tertiary/aromatic N) is 1. The zero-order valence-electron chi connectivity index (χ0n) is 7.48. The van der Waals surface area contributed by atoms with Gasteiger partial charge in [-0.1, -0.05) is 0 Å². The Balaban J connectivity index is 3.05. The molecule has 1 aromatic rings. The van der Waals surface area contributed by atoms with Gasteiger partial charge in [0.15, 0.2) is 0 Å². The third kappa shape index (κ3) is 3.15. The second-order valence-electron chi connectivity index (χ2n) is 2.91. The van der Waals surface area contributed by atoms with Gasteiger partial charge in [-0.05, 0) is 37.9 Å². The first-order chi connectivity index (χ1) is 6.91. The van der Waals surface area contributed by atoms with Crippen molar-refractivity contribution in [1.29, 1.82) is 0 Å². The molecule has 7 heteroatoms. The number of carboxylic acids is 1. The van der Waals surface area contributed by atoms with Crippen molar-refractivity contribution in [3.8, 4) is 0 Å². The molecule has 0 aromatic carbocycles.